The first-order valence-corrected chi connectivity index (χ1v) is 9.04. The van der Waals surface area contributed by atoms with Crippen LogP contribution in [0.1, 0.15) is 58.3 Å². The summed E-state index contributed by atoms with van der Waals surface area (Å²) in [6.45, 7) is 2.48. The fourth-order valence-corrected chi connectivity index (χ4v) is 6.63. The number of aliphatic hydroxyl groups excluding tert-OH is 2. The number of carbonyl (C=O) groups is 1. The molecule has 6 unspecified atom stereocenters. The van der Waals surface area contributed by atoms with Gasteiger partial charge in [-0.1, -0.05) is 12.5 Å². The van der Waals surface area contributed by atoms with Crippen molar-refractivity contribution in [2.45, 2.75) is 64.4 Å². The van der Waals surface area contributed by atoms with Crippen LogP contribution in [0.4, 0.5) is 0 Å². The van der Waals surface area contributed by atoms with Crippen molar-refractivity contribution in [2.75, 3.05) is 6.61 Å². The molecule has 3 fully saturated rings. The van der Waals surface area contributed by atoms with Gasteiger partial charge in [-0.3, -0.25) is 4.79 Å². The standard InChI is InChI=1S/C19H28O3/c1-18-8-7-16-14(15(18)4-5-17(18)22)3-2-12-10-13(21)6-9-19(12,16)11-20/h10,14-17,20,22H,2-9,11H2,1H3. The van der Waals surface area contributed by atoms with Gasteiger partial charge in [-0.2, -0.15) is 0 Å². The van der Waals surface area contributed by atoms with E-state index in [1.165, 1.54) is 5.57 Å². The van der Waals surface area contributed by atoms with Crippen LogP contribution in [0.25, 0.3) is 0 Å². The molecule has 0 saturated heterocycles. The summed E-state index contributed by atoms with van der Waals surface area (Å²) in [4.78, 5) is 11.8. The van der Waals surface area contributed by atoms with Gasteiger partial charge in [0, 0.05) is 11.8 Å². The lowest BCUT2D eigenvalue weighted by Gasteiger charge is -2.58. The highest BCUT2D eigenvalue weighted by atomic mass is 16.3. The van der Waals surface area contributed by atoms with Crippen molar-refractivity contribution in [1.29, 1.82) is 0 Å². The van der Waals surface area contributed by atoms with Gasteiger partial charge in [0.15, 0.2) is 5.78 Å². The molecule has 2 N–H and O–H groups in total. The third-order valence-electron chi connectivity index (χ3n) is 7.92. The van der Waals surface area contributed by atoms with Crippen LogP contribution in [0, 0.1) is 28.6 Å². The predicted octanol–water partition coefficient (Wildman–Crippen LogP) is 2.85. The highest BCUT2D eigenvalue weighted by Gasteiger charge is 2.59. The van der Waals surface area contributed by atoms with Gasteiger partial charge in [-0.05, 0) is 74.2 Å². The number of ketones is 1. The first kappa shape index (κ1) is 14.9. The third kappa shape index (κ3) is 1.78. The van der Waals surface area contributed by atoms with Gasteiger partial charge in [0.05, 0.1) is 12.7 Å². The van der Waals surface area contributed by atoms with E-state index in [1.807, 2.05) is 6.08 Å². The van der Waals surface area contributed by atoms with Crippen LogP contribution in [0.3, 0.4) is 0 Å². The summed E-state index contributed by atoms with van der Waals surface area (Å²) in [6.07, 6.45) is 9.49. The maximum atomic E-state index is 11.8. The Hall–Kier alpha value is -0.670. The Labute approximate surface area is 132 Å². The van der Waals surface area contributed by atoms with E-state index >= 15 is 0 Å². The molecule has 4 rings (SSSR count). The number of carbonyl (C=O) groups excluding carboxylic acids is 1. The quantitative estimate of drug-likeness (QED) is 0.783. The van der Waals surface area contributed by atoms with Crippen molar-refractivity contribution in [3.8, 4) is 0 Å². The molecule has 0 heterocycles. The van der Waals surface area contributed by atoms with Crippen molar-refractivity contribution in [2.24, 2.45) is 28.6 Å². The number of aliphatic hydroxyl groups is 2. The van der Waals surface area contributed by atoms with Crippen molar-refractivity contribution in [3.05, 3.63) is 11.6 Å². The lowest BCUT2D eigenvalue weighted by Crippen LogP contribution is -2.53. The van der Waals surface area contributed by atoms with Crippen molar-refractivity contribution >= 4 is 5.78 Å². The second-order valence-corrected chi connectivity index (χ2v) is 8.50. The maximum absolute atomic E-state index is 11.8. The topological polar surface area (TPSA) is 57.5 Å². The molecular weight excluding hydrogens is 276 g/mol. The Bertz CT molecular complexity index is 525. The molecule has 3 nitrogen and oxygen atoms in total. The fourth-order valence-electron chi connectivity index (χ4n) is 6.63. The second kappa shape index (κ2) is 4.91. The molecule has 0 aliphatic heterocycles. The van der Waals surface area contributed by atoms with E-state index < -0.39 is 0 Å². The Kier molecular flexibility index (Phi) is 3.32. The molecule has 0 amide bonds. The zero-order valence-electron chi connectivity index (χ0n) is 13.6. The smallest absolute Gasteiger partial charge is 0.155 e. The zero-order chi connectivity index (χ0) is 15.5. The highest BCUT2D eigenvalue weighted by molar-refractivity contribution is 5.91. The van der Waals surface area contributed by atoms with Gasteiger partial charge >= 0.3 is 0 Å². The molecule has 0 aromatic carbocycles. The molecule has 122 valence electrons. The first-order chi connectivity index (χ1) is 10.5. The summed E-state index contributed by atoms with van der Waals surface area (Å²) in [7, 11) is 0. The van der Waals surface area contributed by atoms with E-state index in [-0.39, 0.29) is 29.3 Å². The number of fused-ring (bicyclic) bond motifs is 5. The molecule has 3 saturated carbocycles. The van der Waals surface area contributed by atoms with E-state index in [4.69, 9.17) is 0 Å². The van der Waals surface area contributed by atoms with E-state index in [0.29, 0.717) is 24.2 Å². The molecule has 4 aliphatic rings. The highest BCUT2D eigenvalue weighted by Crippen LogP contribution is 2.65. The zero-order valence-corrected chi connectivity index (χ0v) is 13.6. The van der Waals surface area contributed by atoms with Crippen LogP contribution in [-0.4, -0.2) is 28.7 Å². The Morgan fingerprint density at radius 2 is 1.95 bits per heavy atom. The SMILES string of the molecule is CC12CCC3C(CCC4=CC(=O)CCC43CO)C1CCC2O. The van der Waals surface area contributed by atoms with Crippen LogP contribution in [0.15, 0.2) is 11.6 Å². The summed E-state index contributed by atoms with van der Waals surface area (Å²) in [6, 6.07) is 0. The molecule has 22 heavy (non-hydrogen) atoms. The van der Waals surface area contributed by atoms with E-state index in [2.05, 4.69) is 6.92 Å². The second-order valence-electron chi connectivity index (χ2n) is 8.50. The lowest BCUT2D eigenvalue weighted by atomic mass is 9.47. The predicted molar refractivity (Wildman–Crippen MR) is 84.1 cm³/mol. The minimum Gasteiger partial charge on any atom is -0.395 e. The number of hydrogen-bond donors (Lipinski definition) is 2. The van der Waals surface area contributed by atoms with Gasteiger partial charge in [0.1, 0.15) is 0 Å². The number of hydrogen-bond acceptors (Lipinski definition) is 3. The average Bonchev–Trinajstić information content (AvgIpc) is 2.82. The van der Waals surface area contributed by atoms with Crippen molar-refractivity contribution in [1.82, 2.24) is 0 Å². The fraction of sp³-hybridized carbons (Fsp3) is 0.842. The van der Waals surface area contributed by atoms with Crippen LogP contribution < -0.4 is 0 Å². The van der Waals surface area contributed by atoms with Crippen LogP contribution in [0.5, 0.6) is 0 Å². The van der Waals surface area contributed by atoms with E-state index in [0.717, 1.165) is 44.9 Å². The molecule has 3 heteroatoms. The Morgan fingerprint density at radius 3 is 2.73 bits per heavy atom. The van der Waals surface area contributed by atoms with Crippen LogP contribution in [0.2, 0.25) is 0 Å². The lowest BCUT2D eigenvalue weighted by molar-refractivity contribution is -0.120. The first-order valence-electron chi connectivity index (χ1n) is 9.04. The summed E-state index contributed by atoms with van der Waals surface area (Å²) in [5.74, 6) is 1.97. The van der Waals surface area contributed by atoms with Crippen molar-refractivity contribution < 1.29 is 15.0 Å². The summed E-state index contributed by atoms with van der Waals surface area (Å²) >= 11 is 0. The third-order valence-corrected chi connectivity index (χ3v) is 7.92. The maximum Gasteiger partial charge on any atom is 0.155 e. The van der Waals surface area contributed by atoms with Gasteiger partial charge in [-0.15, -0.1) is 0 Å². The van der Waals surface area contributed by atoms with Gasteiger partial charge in [0.25, 0.3) is 0 Å². The largest absolute Gasteiger partial charge is 0.395 e. The summed E-state index contributed by atoms with van der Waals surface area (Å²) in [5.41, 5.74) is 1.18. The molecule has 0 radical (unpaired) electrons. The van der Waals surface area contributed by atoms with Gasteiger partial charge in [0.2, 0.25) is 0 Å². The minimum atomic E-state index is -0.145. The van der Waals surface area contributed by atoms with Gasteiger partial charge < -0.3 is 10.2 Å². The van der Waals surface area contributed by atoms with Crippen LogP contribution >= 0.6 is 0 Å². The Balaban J connectivity index is 1.71. The molecule has 6 atom stereocenters. The average molecular weight is 304 g/mol. The monoisotopic (exact) mass is 304 g/mol. The normalized spacial score (nSPS) is 50.9. The molecule has 0 aromatic rings. The Morgan fingerprint density at radius 1 is 1.14 bits per heavy atom. The molecule has 0 bridgehead atoms. The molecule has 0 aromatic heterocycles. The molecular formula is C19H28O3. The molecule has 4 aliphatic carbocycles. The van der Waals surface area contributed by atoms with E-state index in [9.17, 15) is 15.0 Å². The summed E-state index contributed by atoms with van der Waals surface area (Å²) < 4.78 is 0. The van der Waals surface area contributed by atoms with Crippen molar-refractivity contribution in [3.63, 3.8) is 0 Å². The van der Waals surface area contributed by atoms with Gasteiger partial charge in [-0.25, -0.2) is 0 Å². The molecule has 0 spiro atoms. The minimum absolute atomic E-state index is 0.0868. The summed E-state index contributed by atoms with van der Waals surface area (Å²) in [5, 5.41) is 20.7. The van der Waals surface area contributed by atoms with Crippen LogP contribution in [-0.2, 0) is 4.79 Å². The van der Waals surface area contributed by atoms with E-state index in [1.54, 1.807) is 0 Å². The number of rotatable bonds is 1.